The Morgan fingerprint density at radius 2 is 1.58 bits per heavy atom. The maximum Gasteiger partial charge on any atom is 0.252 e. The summed E-state index contributed by atoms with van der Waals surface area (Å²) in [4.78, 5) is 40.1. The smallest absolute Gasteiger partial charge is 0.252 e. The van der Waals surface area contributed by atoms with E-state index in [-0.39, 0.29) is 31.3 Å². The van der Waals surface area contributed by atoms with Crippen LogP contribution in [-0.4, -0.2) is 53.6 Å². The third-order valence-corrected chi connectivity index (χ3v) is 7.19. The minimum atomic E-state index is -1.11. The van der Waals surface area contributed by atoms with Crippen molar-refractivity contribution in [1.29, 1.82) is 0 Å². The molecule has 0 spiro atoms. The zero-order valence-corrected chi connectivity index (χ0v) is 21.5. The highest BCUT2D eigenvalue weighted by atomic mass is 16.3. The van der Waals surface area contributed by atoms with Crippen molar-refractivity contribution < 1.29 is 19.5 Å². The first-order valence-electron chi connectivity index (χ1n) is 13.2. The number of amides is 3. The van der Waals surface area contributed by atoms with Crippen LogP contribution < -0.4 is 21.7 Å². The Balaban J connectivity index is 1.56. The van der Waals surface area contributed by atoms with Gasteiger partial charge in [-0.05, 0) is 41.3 Å². The summed E-state index contributed by atoms with van der Waals surface area (Å²) in [6.45, 7) is -0.00802. The van der Waals surface area contributed by atoms with Crippen LogP contribution in [0.4, 0.5) is 0 Å². The standard InChI is InChI=1S/C30H36N4O4/c31-19-25(35)20-32-28(37)26(18-21-13-14-22-9-5-6-12-24(22)17-21)33-29(38)30(15-7-2-8-16-30)34-27(36)23-10-3-1-4-11-23/h1,3-6,9-14,17,25-26,35H,2,7-8,15-16,18-20,31H2,(H,32,37)(H,33,38)(H,34,36)/t25?,26-/m1/s1. The van der Waals surface area contributed by atoms with Gasteiger partial charge in [-0.15, -0.1) is 0 Å². The topological polar surface area (TPSA) is 134 Å². The summed E-state index contributed by atoms with van der Waals surface area (Å²) in [5.74, 6) is -1.11. The van der Waals surface area contributed by atoms with Crippen LogP contribution in [-0.2, 0) is 16.0 Å². The monoisotopic (exact) mass is 516 g/mol. The lowest BCUT2D eigenvalue weighted by atomic mass is 9.80. The molecule has 0 aliphatic heterocycles. The third kappa shape index (κ3) is 6.76. The summed E-state index contributed by atoms with van der Waals surface area (Å²) in [5.41, 5.74) is 5.74. The first-order valence-corrected chi connectivity index (χ1v) is 13.2. The number of nitrogens with one attached hydrogen (secondary N) is 3. The Bertz CT molecular complexity index is 1260. The maximum atomic E-state index is 13.8. The van der Waals surface area contributed by atoms with Crippen molar-refractivity contribution in [3.05, 3.63) is 83.9 Å². The van der Waals surface area contributed by atoms with Gasteiger partial charge in [0.05, 0.1) is 6.10 Å². The highest BCUT2D eigenvalue weighted by molar-refractivity contribution is 6.00. The van der Waals surface area contributed by atoms with E-state index in [1.165, 1.54) is 0 Å². The number of carbonyl (C=O) groups excluding carboxylic acids is 3. The van der Waals surface area contributed by atoms with Crippen LogP contribution in [0.2, 0.25) is 0 Å². The molecule has 1 saturated carbocycles. The molecule has 8 heteroatoms. The van der Waals surface area contributed by atoms with Gasteiger partial charge in [0.2, 0.25) is 11.8 Å². The van der Waals surface area contributed by atoms with E-state index in [1.54, 1.807) is 24.3 Å². The summed E-state index contributed by atoms with van der Waals surface area (Å²) < 4.78 is 0. The highest BCUT2D eigenvalue weighted by Gasteiger charge is 2.42. The molecule has 38 heavy (non-hydrogen) atoms. The molecule has 8 nitrogen and oxygen atoms in total. The van der Waals surface area contributed by atoms with Gasteiger partial charge in [-0.1, -0.05) is 79.9 Å². The van der Waals surface area contributed by atoms with Crippen molar-refractivity contribution >= 4 is 28.5 Å². The minimum Gasteiger partial charge on any atom is -0.390 e. The van der Waals surface area contributed by atoms with Crippen molar-refractivity contribution in [2.75, 3.05) is 13.1 Å². The normalized spacial score (nSPS) is 16.3. The molecule has 0 bridgehead atoms. The van der Waals surface area contributed by atoms with Gasteiger partial charge in [0.25, 0.3) is 5.91 Å². The number of aliphatic hydroxyl groups is 1. The van der Waals surface area contributed by atoms with Gasteiger partial charge >= 0.3 is 0 Å². The summed E-state index contributed by atoms with van der Waals surface area (Å²) in [6, 6.07) is 21.8. The average Bonchev–Trinajstić information content (AvgIpc) is 2.96. The summed E-state index contributed by atoms with van der Waals surface area (Å²) in [5, 5.41) is 20.6. The molecule has 0 radical (unpaired) electrons. The van der Waals surface area contributed by atoms with E-state index in [9.17, 15) is 19.5 Å². The number of hydrogen-bond donors (Lipinski definition) is 5. The molecule has 6 N–H and O–H groups in total. The molecule has 2 atom stereocenters. The highest BCUT2D eigenvalue weighted by Crippen LogP contribution is 2.29. The van der Waals surface area contributed by atoms with Gasteiger partial charge < -0.3 is 26.8 Å². The molecular formula is C30H36N4O4. The summed E-state index contributed by atoms with van der Waals surface area (Å²) >= 11 is 0. The molecule has 0 aromatic heterocycles. The summed E-state index contributed by atoms with van der Waals surface area (Å²) in [7, 11) is 0. The van der Waals surface area contributed by atoms with Gasteiger partial charge in [-0.3, -0.25) is 14.4 Å². The van der Waals surface area contributed by atoms with E-state index in [1.807, 2.05) is 48.5 Å². The van der Waals surface area contributed by atoms with E-state index in [2.05, 4.69) is 16.0 Å². The molecule has 0 heterocycles. The van der Waals surface area contributed by atoms with Crippen LogP contribution in [0.5, 0.6) is 0 Å². The SMILES string of the molecule is NCC(O)CNC(=O)[C@@H](Cc1ccc2ccccc2c1)NC(=O)C1(NC(=O)c2ccccc2)CCCCC1. The van der Waals surface area contributed by atoms with Crippen LogP contribution in [0.15, 0.2) is 72.8 Å². The number of hydrogen-bond acceptors (Lipinski definition) is 5. The van der Waals surface area contributed by atoms with E-state index in [0.29, 0.717) is 18.4 Å². The number of rotatable bonds is 10. The van der Waals surface area contributed by atoms with Crippen LogP contribution in [0.25, 0.3) is 10.8 Å². The second-order valence-electron chi connectivity index (χ2n) is 10.0. The lowest BCUT2D eigenvalue weighted by Crippen LogP contribution is -2.63. The molecule has 0 saturated heterocycles. The Morgan fingerprint density at radius 1 is 0.895 bits per heavy atom. The van der Waals surface area contributed by atoms with E-state index in [4.69, 9.17) is 5.73 Å². The first-order chi connectivity index (χ1) is 18.4. The number of benzene rings is 3. The fourth-order valence-corrected chi connectivity index (χ4v) is 4.98. The zero-order valence-electron chi connectivity index (χ0n) is 21.5. The Hall–Kier alpha value is -3.75. The molecule has 3 aromatic carbocycles. The van der Waals surface area contributed by atoms with Gasteiger partial charge in [0.1, 0.15) is 11.6 Å². The van der Waals surface area contributed by atoms with Crippen molar-refractivity contribution in [2.24, 2.45) is 5.73 Å². The number of fused-ring (bicyclic) bond motifs is 1. The van der Waals surface area contributed by atoms with Gasteiger partial charge in [-0.25, -0.2) is 0 Å². The minimum absolute atomic E-state index is 0.0105. The maximum absolute atomic E-state index is 13.8. The fourth-order valence-electron chi connectivity index (χ4n) is 4.98. The van der Waals surface area contributed by atoms with Crippen LogP contribution in [0, 0.1) is 0 Å². The first kappa shape index (κ1) is 27.3. The Labute approximate surface area is 223 Å². The van der Waals surface area contributed by atoms with E-state index >= 15 is 0 Å². The molecular weight excluding hydrogens is 480 g/mol. The third-order valence-electron chi connectivity index (χ3n) is 7.19. The van der Waals surface area contributed by atoms with Crippen molar-refractivity contribution in [3.63, 3.8) is 0 Å². The number of nitrogens with two attached hydrogens (primary N) is 1. The molecule has 4 rings (SSSR count). The second-order valence-corrected chi connectivity index (χ2v) is 10.0. The van der Waals surface area contributed by atoms with Crippen molar-refractivity contribution in [2.45, 2.75) is 56.2 Å². The predicted molar refractivity (Wildman–Crippen MR) is 147 cm³/mol. The Kier molecular flexibility index (Phi) is 9.10. The van der Waals surface area contributed by atoms with Crippen LogP contribution >= 0.6 is 0 Å². The Morgan fingerprint density at radius 3 is 2.29 bits per heavy atom. The summed E-state index contributed by atoms with van der Waals surface area (Å²) in [6.07, 6.45) is 2.93. The molecule has 1 fully saturated rings. The largest absolute Gasteiger partial charge is 0.390 e. The number of aliphatic hydroxyl groups excluding tert-OH is 1. The molecule has 3 amide bonds. The quantitative estimate of drug-likeness (QED) is 0.282. The zero-order chi connectivity index (χ0) is 27.0. The lowest BCUT2D eigenvalue weighted by Gasteiger charge is -2.37. The van der Waals surface area contributed by atoms with E-state index < -0.39 is 23.6 Å². The predicted octanol–water partition coefficient (Wildman–Crippen LogP) is 2.44. The lowest BCUT2D eigenvalue weighted by molar-refractivity contribution is -0.133. The van der Waals surface area contributed by atoms with Crippen LogP contribution in [0.3, 0.4) is 0 Å². The molecule has 1 aliphatic carbocycles. The van der Waals surface area contributed by atoms with Crippen molar-refractivity contribution in [3.8, 4) is 0 Å². The average molecular weight is 517 g/mol. The van der Waals surface area contributed by atoms with Gasteiger partial charge in [0, 0.05) is 25.1 Å². The molecule has 1 aliphatic rings. The molecule has 200 valence electrons. The number of carbonyl (C=O) groups is 3. The molecule has 3 aromatic rings. The van der Waals surface area contributed by atoms with E-state index in [0.717, 1.165) is 35.6 Å². The fraction of sp³-hybridized carbons (Fsp3) is 0.367. The molecule has 1 unspecified atom stereocenters. The van der Waals surface area contributed by atoms with Crippen LogP contribution in [0.1, 0.15) is 48.0 Å². The van der Waals surface area contributed by atoms with Gasteiger partial charge in [0.15, 0.2) is 0 Å². The van der Waals surface area contributed by atoms with Crippen molar-refractivity contribution in [1.82, 2.24) is 16.0 Å². The second kappa shape index (κ2) is 12.7. The van der Waals surface area contributed by atoms with Gasteiger partial charge in [-0.2, -0.15) is 0 Å².